The first kappa shape index (κ1) is 13.6. The summed E-state index contributed by atoms with van der Waals surface area (Å²) >= 11 is 0. The molecule has 1 aliphatic carbocycles. The van der Waals surface area contributed by atoms with Crippen LogP contribution in [0.3, 0.4) is 0 Å². The standard InChI is InChI=1S/C11H13FN2O4S/c12-19(16,17)18-10-6-4-9(5-7-10)14-11(15)13-8-2-1-3-8/h4-8H,1-3H2,(H2,13,14,15). The van der Waals surface area contributed by atoms with E-state index in [-0.39, 0.29) is 17.8 Å². The van der Waals surface area contributed by atoms with Gasteiger partial charge in [-0.1, -0.05) is 3.89 Å². The van der Waals surface area contributed by atoms with Crippen molar-refractivity contribution in [2.75, 3.05) is 5.32 Å². The van der Waals surface area contributed by atoms with Gasteiger partial charge in [0.25, 0.3) is 0 Å². The van der Waals surface area contributed by atoms with Crippen molar-refractivity contribution in [3.8, 4) is 5.75 Å². The van der Waals surface area contributed by atoms with Crippen LogP contribution in [0.5, 0.6) is 5.75 Å². The van der Waals surface area contributed by atoms with Gasteiger partial charge in [0.05, 0.1) is 0 Å². The van der Waals surface area contributed by atoms with E-state index in [0.29, 0.717) is 5.69 Å². The molecule has 1 aromatic rings. The first-order chi connectivity index (χ1) is 8.92. The molecule has 104 valence electrons. The Bertz CT molecular complexity index is 555. The van der Waals surface area contributed by atoms with Crippen LogP contribution in [0.25, 0.3) is 0 Å². The Morgan fingerprint density at radius 2 is 1.89 bits per heavy atom. The van der Waals surface area contributed by atoms with Crippen molar-refractivity contribution in [2.24, 2.45) is 0 Å². The number of hydrogen-bond acceptors (Lipinski definition) is 4. The summed E-state index contributed by atoms with van der Waals surface area (Å²) in [4.78, 5) is 11.5. The van der Waals surface area contributed by atoms with Gasteiger partial charge in [-0.2, -0.15) is 8.42 Å². The van der Waals surface area contributed by atoms with Crippen LogP contribution < -0.4 is 14.8 Å². The molecule has 1 aliphatic rings. The van der Waals surface area contributed by atoms with E-state index in [1.165, 1.54) is 24.3 Å². The quantitative estimate of drug-likeness (QED) is 0.829. The molecule has 0 aromatic heterocycles. The normalized spacial score (nSPS) is 15.4. The average Bonchev–Trinajstić information content (AvgIpc) is 2.24. The second-order valence-electron chi connectivity index (χ2n) is 4.23. The van der Waals surface area contributed by atoms with Gasteiger partial charge in [0.1, 0.15) is 5.75 Å². The molecule has 0 unspecified atom stereocenters. The molecule has 0 atom stereocenters. The Morgan fingerprint density at radius 1 is 1.26 bits per heavy atom. The average molecular weight is 288 g/mol. The van der Waals surface area contributed by atoms with E-state index in [2.05, 4.69) is 14.8 Å². The van der Waals surface area contributed by atoms with Crippen LogP contribution in [-0.4, -0.2) is 20.5 Å². The highest BCUT2D eigenvalue weighted by Crippen LogP contribution is 2.19. The molecule has 0 radical (unpaired) electrons. The zero-order valence-corrected chi connectivity index (χ0v) is 10.7. The van der Waals surface area contributed by atoms with Gasteiger partial charge in [0.15, 0.2) is 0 Å². The van der Waals surface area contributed by atoms with Crippen molar-refractivity contribution >= 4 is 22.2 Å². The minimum atomic E-state index is -5.02. The third kappa shape index (κ3) is 4.40. The molecule has 0 heterocycles. The van der Waals surface area contributed by atoms with Crippen LogP contribution in [-0.2, 0) is 10.5 Å². The van der Waals surface area contributed by atoms with Crippen molar-refractivity contribution in [3.63, 3.8) is 0 Å². The Hall–Kier alpha value is -1.83. The van der Waals surface area contributed by atoms with E-state index in [1.807, 2.05) is 0 Å². The lowest BCUT2D eigenvalue weighted by Crippen LogP contribution is -2.41. The second-order valence-corrected chi connectivity index (χ2v) is 5.18. The molecule has 19 heavy (non-hydrogen) atoms. The predicted octanol–water partition coefficient (Wildman–Crippen LogP) is 1.95. The topological polar surface area (TPSA) is 84.5 Å². The number of rotatable bonds is 4. The number of benzene rings is 1. The smallest absolute Gasteiger partial charge is 0.358 e. The molecule has 1 aromatic carbocycles. The number of halogens is 1. The molecular formula is C11H13FN2O4S. The zero-order valence-electron chi connectivity index (χ0n) is 9.93. The van der Waals surface area contributed by atoms with E-state index in [0.717, 1.165) is 19.3 Å². The summed E-state index contributed by atoms with van der Waals surface area (Å²) in [6, 6.07) is 5.23. The third-order valence-electron chi connectivity index (χ3n) is 2.75. The zero-order chi connectivity index (χ0) is 13.9. The van der Waals surface area contributed by atoms with Crippen LogP contribution >= 0.6 is 0 Å². The maximum Gasteiger partial charge on any atom is 0.488 e. The fourth-order valence-electron chi connectivity index (χ4n) is 1.61. The van der Waals surface area contributed by atoms with Gasteiger partial charge in [0, 0.05) is 11.7 Å². The van der Waals surface area contributed by atoms with Crippen molar-refractivity contribution in [1.82, 2.24) is 5.32 Å². The Kier molecular flexibility index (Phi) is 3.89. The molecule has 2 amide bonds. The highest BCUT2D eigenvalue weighted by Gasteiger charge is 2.19. The Balaban J connectivity index is 1.89. The van der Waals surface area contributed by atoms with Gasteiger partial charge < -0.3 is 14.8 Å². The van der Waals surface area contributed by atoms with Gasteiger partial charge in [-0.05, 0) is 43.5 Å². The SMILES string of the molecule is O=C(Nc1ccc(OS(=O)(=O)F)cc1)NC1CCC1. The number of urea groups is 1. The highest BCUT2D eigenvalue weighted by molar-refractivity contribution is 7.81. The van der Waals surface area contributed by atoms with Gasteiger partial charge in [-0.3, -0.25) is 0 Å². The fourth-order valence-corrected chi connectivity index (χ4v) is 1.95. The van der Waals surface area contributed by atoms with Gasteiger partial charge in [0.2, 0.25) is 0 Å². The van der Waals surface area contributed by atoms with E-state index in [4.69, 9.17) is 0 Å². The van der Waals surface area contributed by atoms with E-state index in [1.54, 1.807) is 0 Å². The van der Waals surface area contributed by atoms with Crippen molar-refractivity contribution < 1.29 is 21.3 Å². The number of anilines is 1. The Morgan fingerprint density at radius 3 is 2.37 bits per heavy atom. The summed E-state index contributed by atoms with van der Waals surface area (Å²) in [5.41, 5.74) is 0.459. The van der Waals surface area contributed by atoms with Crippen LogP contribution in [0.15, 0.2) is 24.3 Å². The summed E-state index contributed by atoms with van der Waals surface area (Å²) in [5.74, 6) is -0.160. The molecule has 1 fully saturated rings. The molecule has 0 spiro atoms. The maximum absolute atomic E-state index is 12.2. The van der Waals surface area contributed by atoms with Crippen LogP contribution in [0, 0.1) is 0 Å². The first-order valence-corrected chi connectivity index (χ1v) is 7.05. The van der Waals surface area contributed by atoms with E-state index >= 15 is 0 Å². The Labute approximate surface area is 110 Å². The number of amides is 2. The van der Waals surface area contributed by atoms with Crippen molar-refractivity contribution in [1.29, 1.82) is 0 Å². The minimum Gasteiger partial charge on any atom is -0.358 e. The highest BCUT2D eigenvalue weighted by atomic mass is 32.3. The molecule has 1 saturated carbocycles. The van der Waals surface area contributed by atoms with Crippen molar-refractivity contribution in [3.05, 3.63) is 24.3 Å². The molecule has 0 aliphatic heterocycles. The summed E-state index contributed by atoms with van der Waals surface area (Å²) < 4.78 is 36.8. The summed E-state index contributed by atoms with van der Waals surface area (Å²) in [6.45, 7) is 0. The van der Waals surface area contributed by atoms with Crippen LogP contribution in [0.2, 0.25) is 0 Å². The number of carbonyl (C=O) groups excluding carboxylic acids is 1. The maximum atomic E-state index is 12.2. The minimum absolute atomic E-state index is 0.160. The molecule has 8 heteroatoms. The van der Waals surface area contributed by atoms with E-state index < -0.39 is 10.5 Å². The summed E-state index contributed by atoms with van der Waals surface area (Å²) in [6.07, 6.45) is 3.08. The molecule has 6 nitrogen and oxygen atoms in total. The van der Waals surface area contributed by atoms with Gasteiger partial charge >= 0.3 is 16.5 Å². The predicted molar refractivity (Wildman–Crippen MR) is 66.9 cm³/mol. The summed E-state index contributed by atoms with van der Waals surface area (Å²) in [7, 11) is -5.02. The van der Waals surface area contributed by atoms with Crippen LogP contribution in [0.1, 0.15) is 19.3 Å². The summed E-state index contributed by atoms with van der Waals surface area (Å²) in [5, 5.41) is 5.36. The van der Waals surface area contributed by atoms with Gasteiger partial charge in [-0.25, -0.2) is 4.79 Å². The van der Waals surface area contributed by atoms with Gasteiger partial charge in [-0.15, -0.1) is 0 Å². The number of carbonyl (C=O) groups is 1. The van der Waals surface area contributed by atoms with Crippen molar-refractivity contribution in [2.45, 2.75) is 25.3 Å². The molecular weight excluding hydrogens is 275 g/mol. The molecule has 0 bridgehead atoms. The lowest BCUT2D eigenvalue weighted by atomic mass is 9.93. The monoisotopic (exact) mass is 288 g/mol. The lowest BCUT2D eigenvalue weighted by molar-refractivity contribution is 0.240. The second kappa shape index (κ2) is 5.43. The largest absolute Gasteiger partial charge is 0.488 e. The first-order valence-electron chi connectivity index (χ1n) is 5.74. The van der Waals surface area contributed by atoms with E-state index in [9.17, 15) is 17.1 Å². The third-order valence-corrected chi connectivity index (χ3v) is 3.14. The molecule has 2 rings (SSSR count). The fraction of sp³-hybridized carbons (Fsp3) is 0.364. The number of hydrogen-bond donors (Lipinski definition) is 2. The molecule has 2 N–H and O–H groups in total. The lowest BCUT2D eigenvalue weighted by Gasteiger charge is -2.26. The number of nitrogens with one attached hydrogen (secondary N) is 2. The molecule has 0 saturated heterocycles. The van der Waals surface area contributed by atoms with Crippen LogP contribution in [0.4, 0.5) is 14.4 Å².